The molecular weight excluding hydrogens is 162 g/mol. The summed E-state index contributed by atoms with van der Waals surface area (Å²) in [5.41, 5.74) is 0.861. The highest BCUT2D eigenvalue weighted by molar-refractivity contribution is 5.62. The molecule has 70 valence electrons. The van der Waals surface area contributed by atoms with E-state index in [-0.39, 0.29) is 0 Å². The lowest BCUT2D eigenvalue weighted by Crippen LogP contribution is -1.85. The fourth-order valence-corrected chi connectivity index (χ4v) is 0.810. The summed E-state index contributed by atoms with van der Waals surface area (Å²) >= 11 is 0. The Morgan fingerprint density at radius 3 is 2.46 bits per heavy atom. The standard InChI is InChI=1S/C8H9N3.C2H6/c1-4-7-6-10-11(5-2)8(7)9-3;1-2/h4-6H,1-3H2;1-2H3. The number of aliphatic imine (C=N–C) groups is 1. The molecule has 3 heteroatoms. The summed E-state index contributed by atoms with van der Waals surface area (Å²) in [4.78, 5) is 3.78. The highest BCUT2D eigenvalue weighted by Gasteiger charge is 2.01. The predicted molar refractivity (Wildman–Crippen MR) is 59.3 cm³/mol. The van der Waals surface area contributed by atoms with Crippen molar-refractivity contribution >= 4 is 24.8 Å². The van der Waals surface area contributed by atoms with Crippen LogP contribution in [0.1, 0.15) is 19.4 Å². The number of aromatic nitrogens is 2. The molecule has 0 bridgehead atoms. The smallest absolute Gasteiger partial charge is 0.161 e. The largest absolute Gasteiger partial charge is 0.244 e. The van der Waals surface area contributed by atoms with Gasteiger partial charge in [-0.25, -0.2) is 9.67 Å². The van der Waals surface area contributed by atoms with Gasteiger partial charge in [0.15, 0.2) is 5.82 Å². The molecule has 1 aromatic heterocycles. The van der Waals surface area contributed by atoms with E-state index < -0.39 is 0 Å². The molecule has 0 amide bonds. The second-order valence-electron chi connectivity index (χ2n) is 1.91. The monoisotopic (exact) mass is 177 g/mol. The minimum atomic E-state index is 0.676. The van der Waals surface area contributed by atoms with Crippen LogP contribution >= 0.6 is 0 Å². The quantitative estimate of drug-likeness (QED) is 0.653. The predicted octanol–water partition coefficient (Wildman–Crippen LogP) is 2.98. The number of hydrogen-bond acceptors (Lipinski definition) is 2. The fraction of sp³-hybridized carbons (Fsp3) is 0.200. The topological polar surface area (TPSA) is 30.2 Å². The van der Waals surface area contributed by atoms with Crippen molar-refractivity contribution in [3.05, 3.63) is 24.9 Å². The summed E-state index contributed by atoms with van der Waals surface area (Å²) < 4.78 is 1.55. The van der Waals surface area contributed by atoms with Crippen molar-refractivity contribution in [2.24, 2.45) is 4.99 Å². The fourth-order valence-electron chi connectivity index (χ4n) is 0.810. The molecule has 1 heterocycles. The highest BCUT2D eigenvalue weighted by Crippen LogP contribution is 2.18. The third kappa shape index (κ3) is 2.40. The summed E-state index contributed by atoms with van der Waals surface area (Å²) in [6, 6.07) is 0. The molecule has 0 aliphatic rings. The van der Waals surface area contributed by atoms with E-state index in [2.05, 4.69) is 30.0 Å². The average Bonchev–Trinajstić information content (AvgIpc) is 2.62. The maximum Gasteiger partial charge on any atom is 0.161 e. The second-order valence-corrected chi connectivity index (χ2v) is 1.91. The van der Waals surface area contributed by atoms with Gasteiger partial charge in [0.05, 0.1) is 6.20 Å². The van der Waals surface area contributed by atoms with Crippen molar-refractivity contribution in [2.45, 2.75) is 13.8 Å². The van der Waals surface area contributed by atoms with Crippen LogP contribution in [0.5, 0.6) is 0 Å². The Balaban J connectivity index is 0.000000671. The van der Waals surface area contributed by atoms with Crippen LogP contribution in [0.25, 0.3) is 12.3 Å². The first-order valence-electron chi connectivity index (χ1n) is 4.12. The first-order chi connectivity index (χ1) is 6.33. The van der Waals surface area contributed by atoms with E-state index in [1.54, 1.807) is 23.2 Å². The lowest BCUT2D eigenvalue weighted by Gasteiger charge is -1.93. The van der Waals surface area contributed by atoms with E-state index in [9.17, 15) is 0 Å². The van der Waals surface area contributed by atoms with E-state index in [0.29, 0.717) is 5.82 Å². The van der Waals surface area contributed by atoms with E-state index in [1.807, 2.05) is 13.8 Å². The van der Waals surface area contributed by atoms with E-state index in [1.165, 1.54) is 0 Å². The highest BCUT2D eigenvalue weighted by atomic mass is 15.3. The van der Waals surface area contributed by atoms with Crippen LogP contribution in [0.3, 0.4) is 0 Å². The molecule has 1 rings (SSSR count). The van der Waals surface area contributed by atoms with Crippen LogP contribution in [-0.2, 0) is 0 Å². The molecule has 1 aromatic rings. The molecule has 0 fully saturated rings. The van der Waals surface area contributed by atoms with Gasteiger partial charge in [-0.05, 0) is 6.72 Å². The van der Waals surface area contributed by atoms with Gasteiger partial charge in [-0.1, -0.05) is 33.1 Å². The molecule has 13 heavy (non-hydrogen) atoms. The van der Waals surface area contributed by atoms with Gasteiger partial charge in [0.25, 0.3) is 0 Å². The summed E-state index contributed by atoms with van der Waals surface area (Å²) in [6.07, 6.45) is 4.91. The zero-order chi connectivity index (χ0) is 10.3. The van der Waals surface area contributed by atoms with Crippen LogP contribution in [0.15, 0.2) is 24.3 Å². The molecule has 0 saturated carbocycles. The van der Waals surface area contributed by atoms with Crippen molar-refractivity contribution in [1.82, 2.24) is 9.78 Å². The van der Waals surface area contributed by atoms with Crippen molar-refractivity contribution in [3.8, 4) is 0 Å². The summed E-state index contributed by atoms with van der Waals surface area (Å²) in [7, 11) is 0. The molecule has 0 radical (unpaired) electrons. The SMILES string of the molecule is C=Cc1cnn(C=C)c1N=C.CC. The molecule has 3 nitrogen and oxygen atoms in total. The normalized spacial score (nSPS) is 8.15. The van der Waals surface area contributed by atoms with Gasteiger partial charge in [0, 0.05) is 11.8 Å². The van der Waals surface area contributed by atoms with Crippen LogP contribution < -0.4 is 0 Å². The van der Waals surface area contributed by atoms with Gasteiger partial charge in [-0.15, -0.1) is 0 Å². The van der Waals surface area contributed by atoms with Gasteiger partial charge in [-0.2, -0.15) is 5.10 Å². The molecule has 0 aromatic carbocycles. The van der Waals surface area contributed by atoms with Gasteiger partial charge < -0.3 is 0 Å². The molecule has 0 aliphatic heterocycles. The van der Waals surface area contributed by atoms with E-state index in [0.717, 1.165) is 5.56 Å². The number of nitrogens with zero attached hydrogens (tertiary/aromatic N) is 3. The average molecular weight is 177 g/mol. The van der Waals surface area contributed by atoms with Crippen LogP contribution in [-0.4, -0.2) is 16.5 Å². The molecular formula is C10H15N3. The lowest BCUT2D eigenvalue weighted by atomic mass is 10.3. The van der Waals surface area contributed by atoms with Crippen molar-refractivity contribution in [1.29, 1.82) is 0 Å². The Morgan fingerprint density at radius 2 is 2.08 bits per heavy atom. The lowest BCUT2D eigenvalue weighted by molar-refractivity contribution is 0.936. The molecule has 0 spiro atoms. The molecule has 0 unspecified atom stereocenters. The second kappa shape index (κ2) is 5.94. The summed E-state index contributed by atoms with van der Waals surface area (Å²) in [5, 5.41) is 3.97. The van der Waals surface area contributed by atoms with Gasteiger partial charge >= 0.3 is 0 Å². The Kier molecular flexibility index (Phi) is 5.19. The Bertz CT molecular complexity index is 272. The first kappa shape index (κ1) is 11.4. The Hall–Kier alpha value is -1.64. The minimum absolute atomic E-state index is 0.676. The maximum absolute atomic E-state index is 3.97. The van der Waals surface area contributed by atoms with Crippen molar-refractivity contribution in [2.75, 3.05) is 0 Å². The molecule has 0 N–H and O–H groups in total. The zero-order valence-electron chi connectivity index (χ0n) is 8.20. The van der Waals surface area contributed by atoms with Gasteiger partial charge in [0.1, 0.15) is 0 Å². The van der Waals surface area contributed by atoms with E-state index in [4.69, 9.17) is 0 Å². The molecule has 0 saturated heterocycles. The van der Waals surface area contributed by atoms with Crippen LogP contribution in [0.2, 0.25) is 0 Å². The summed E-state index contributed by atoms with van der Waals surface area (Å²) in [6.45, 7) is 14.6. The first-order valence-corrected chi connectivity index (χ1v) is 4.12. The third-order valence-electron chi connectivity index (χ3n) is 1.34. The van der Waals surface area contributed by atoms with Crippen LogP contribution in [0, 0.1) is 0 Å². The van der Waals surface area contributed by atoms with Gasteiger partial charge in [-0.3, -0.25) is 0 Å². The minimum Gasteiger partial charge on any atom is -0.244 e. The van der Waals surface area contributed by atoms with E-state index >= 15 is 0 Å². The molecule has 0 aliphatic carbocycles. The summed E-state index contributed by atoms with van der Waals surface area (Å²) in [5.74, 6) is 0.676. The number of hydrogen-bond donors (Lipinski definition) is 0. The molecule has 0 atom stereocenters. The Labute approximate surface area is 79.1 Å². The van der Waals surface area contributed by atoms with Crippen molar-refractivity contribution < 1.29 is 0 Å². The van der Waals surface area contributed by atoms with Crippen LogP contribution in [0.4, 0.5) is 5.82 Å². The maximum atomic E-state index is 3.97. The Morgan fingerprint density at radius 1 is 1.46 bits per heavy atom. The van der Waals surface area contributed by atoms with Crippen molar-refractivity contribution in [3.63, 3.8) is 0 Å². The van der Waals surface area contributed by atoms with Gasteiger partial charge in [0.2, 0.25) is 0 Å². The third-order valence-corrected chi connectivity index (χ3v) is 1.34. The number of rotatable bonds is 3. The zero-order valence-corrected chi connectivity index (χ0v) is 8.20.